The first-order valence-electron chi connectivity index (χ1n) is 8.47. The van der Waals surface area contributed by atoms with Crippen LogP contribution < -0.4 is 24.8 Å². The van der Waals surface area contributed by atoms with E-state index in [-0.39, 0.29) is 24.1 Å². The number of esters is 1. The molecule has 1 aliphatic carbocycles. The molecule has 2 amide bonds. The maximum absolute atomic E-state index is 12.3. The standard InChI is InChI=1S/C18H24N2O7/c1-10(17(22)20-12-5-6-12)27-15(21)9-19-18(23)11-7-13(24-2)16(26-4)14(8-11)25-3/h7-8,10,12H,5-6,9H2,1-4H3,(H,19,23)(H,20,22)/t10-/m0/s1. The van der Waals surface area contributed by atoms with Crippen LogP contribution in [0.15, 0.2) is 12.1 Å². The summed E-state index contributed by atoms with van der Waals surface area (Å²) < 4.78 is 20.6. The number of rotatable bonds is 9. The number of ether oxygens (including phenoxy) is 4. The smallest absolute Gasteiger partial charge is 0.326 e. The topological polar surface area (TPSA) is 112 Å². The minimum Gasteiger partial charge on any atom is -0.493 e. The summed E-state index contributed by atoms with van der Waals surface area (Å²) in [6.07, 6.45) is 0.963. The maximum Gasteiger partial charge on any atom is 0.326 e. The predicted octanol–water partition coefficient (Wildman–Crippen LogP) is 0.653. The third kappa shape index (κ3) is 5.50. The van der Waals surface area contributed by atoms with Gasteiger partial charge < -0.3 is 29.6 Å². The Hall–Kier alpha value is -2.97. The van der Waals surface area contributed by atoms with Crippen molar-refractivity contribution in [1.29, 1.82) is 0 Å². The van der Waals surface area contributed by atoms with E-state index in [1.54, 1.807) is 0 Å². The monoisotopic (exact) mass is 380 g/mol. The summed E-state index contributed by atoms with van der Waals surface area (Å²) in [6.45, 7) is 1.10. The molecule has 1 atom stereocenters. The molecule has 0 bridgehead atoms. The molecule has 27 heavy (non-hydrogen) atoms. The first-order chi connectivity index (χ1) is 12.9. The van der Waals surface area contributed by atoms with E-state index in [1.807, 2.05) is 0 Å². The average molecular weight is 380 g/mol. The van der Waals surface area contributed by atoms with Crippen LogP contribution in [0.25, 0.3) is 0 Å². The van der Waals surface area contributed by atoms with Gasteiger partial charge in [-0.1, -0.05) is 0 Å². The maximum atomic E-state index is 12.3. The van der Waals surface area contributed by atoms with Crippen LogP contribution in [0.5, 0.6) is 17.2 Å². The highest BCUT2D eigenvalue weighted by molar-refractivity contribution is 5.97. The van der Waals surface area contributed by atoms with E-state index in [2.05, 4.69) is 10.6 Å². The number of methoxy groups -OCH3 is 3. The number of nitrogens with one attached hydrogen (secondary N) is 2. The zero-order chi connectivity index (χ0) is 20.0. The third-order valence-corrected chi connectivity index (χ3v) is 3.92. The SMILES string of the molecule is COc1cc(C(=O)NCC(=O)O[C@@H](C)C(=O)NC2CC2)cc(OC)c1OC. The summed E-state index contributed by atoms with van der Waals surface area (Å²) in [5.74, 6) is -0.603. The molecule has 9 nitrogen and oxygen atoms in total. The molecule has 2 N–H and O–H groups in total. The van der Waals surface area contributed by atoms with E-state index < -0.39 is 18.0 Å². The highest BCUT2D eigenvalue weighted by Gasteiger charge is 2.27. The minimum atomic E-state index is -0.920. The first kappa shape index (κ1) is 20.3. The van der Waals surface area contributed by atoms with Crippen LogP contribution in [0.2, 0.25) is 0 Å². The number of carbonyl (C=O) groups is 3. The van der Waals surface area contributed by atoms with Gasteiger partial charge in [0.15, 0.2) is 17.6 Å². The van der Waals surface area contributed by atoms with Gasteiger partial charge in [-0.2, -0.15) is 0 Å². The van der Waals surface area contributed by atoms with Crippen molar-refractivity contribution in [3.05, 3.63) is 17.7 Å². The summed E-state index contributed by atoms with van der Waals surface area (Å²) in [4.78, 5) is 35.9. The quantitative estimate of drug-likeness (QED) is 0.605. The van der Waals surface area contributed by atoms with E-state index in [4.69, 9.17) is 18.9 Å². The van der Waals surface area contributed by atoms with Crippen LogP contribution in [0.3, 0.4) is 0 Å². The average Bonchev–Trinajstić information content (AvgIpc) is 3.48. The molecular weight excluding hydrogens is 356 g/mol. The fourth-order valence-electron chi connectivity index (χ4n) is 2.31. The van der Waals surface area contributed by atoms with Crippen molar-refractivity contribution < 1.29 is 33.3 Å². The molecule has 0 heterocycles. The second kappa shape index (κ2) is 9.11. The van der Waals surface area contributed by atoms with Crippen molar-refractivity contribution in [2.24, 2.45) is 0 Å². The molecule has 2 rings (SSSR count). The normalized spacial score (nSPS) is 13.9. The van der Waals surface area contributed by atoms with Crippen LogP contribution in [-0.4, -0.2) is 57.8 Å². The summed E-state index contributed by atoms with van der Waals surface area (Å²) in [7, 11) is 4.32. The lowest BCUT2D eigenvalue weighted by Crippen LogP contribution is -2.39. The van der Waals surface area contributed by atoms with E-state index in [1.165, 1.54) is 40.4 Å². The van der Waals surface area contributed by atoms with Crippen molar-refractivity contribution >= 4 is 17.8 Å². The molecule has 148 valence electrons. The molecule has 0 aromatic heterocycles. The van der Waals surface area contributed by atoms with Crippen molar-refractivity contribution in [1.82, 2.24) is 10.6 Å². The zero-order valence-electron chi connectivity index (χ0n) is 15.8. The van der Waals surface area contributed by atoms with Gasteiger partial charge in [-0.25, -0.2) is 0 Å². The molecule has 1 saturated carbocycles. The predicted molar refractivity (Wildman–Crippen MR) is 95.1 cm³/mol. The summed E-state index contributed by atoms with van der Waals surface area (Å²) in [5.41, 5.74) is 0.219. The van der Waals surface area contributed by atoms with Gasteiger partial charge in [-0.15, -0.1) is 0 Å². The highest BCUT2D eigenvalue weighted by atomic mass is 16.5. The van der Waals surface area contributed by atoms with Crippen LogP contribution in [0, 0.1) is 0 Å². The fourth-order valence-corrected chi connectivity index (χ4v) is 2.31. The van der Waals surface area contributed by atoms with Crippen molar-refractivity contribution in [2.75, 3.05) is 27.9 Å². The Bertz CT molecular complexity index is 691. The fraction of sp³-hybridized carbons (Fsp3) is 0.500. The molecule has 1 fully saturated rings. The van der Waals surface area contributed by atoms with Crippen molar-refractivity contribution in [2.45, 2.75) is 31.9 Å². The van der Waals surface area contributed by atoms with Crippen molar-refractivity contribution in [3.8, 4) is 17.2 Å². The third-order valence-electron chi connectivity index (χ3n) is 3.92. The Morgan fingerprint density at radius 3 is 2.15 bits per heavy atom. The number of carbonyl (C=O) groups excluding carboxylic acids is 3. The molecule has 0 aliphatic heterocycles. The van der Waals surface area contributed by atoms with E-state index in [0.717, 1.165) is 12.8 Å². The molecule has 0 unspecified atom stereocenters. The lowest BCUT2D eigenvalue weighted by molar-refractivity contribution is -0.153. The van der Waals surface area contributed by atoms with E-state index in [0.29, 0.717) is 17.2 Å². The summed E-state index contributed by atoms with van der Waals surface area (Å²) in [6, 6.07) is 3.11. The van der Waals surface area contributed by atoms with Gasteiger partial charge in [0.05, 0.1) is 21.3 Å². The number of amides is 2. The zero-order valence-corrected chi connectivity index (χ0v) is 15.8. The Balaban J connectivity index is 1.92. The Kier molecular flexibility index (Phi) is 6.86. The largest absolute Gasteiger partial charge is 0.493 e. The first-order valence-corrected chi connectivity index (χ1v) is 8.47. The van der Waals surface area contributed by atoms with Crippen LogP contribution >= 0.6 is 0 Å². The molecule has 0 saturated heterocycles. The van der Waals surface area contributed by atoms with Gasteiger partial charge in [0.2, 0.25) is 5.75 Å². The van der Waals surface area contributed by atoms with Gasteiger partial charge >= 0.3 is 5.97 Å². The van der Waals surface area contributed by atoms with Gasteiger partial charge in [-0.3, -0.25) is 14.4 Å². The van der Waals surface area contributed by atoms with Gasteiger partial charge in [0.1, 0.15) is 6.54 Å². The number of hydrogen-bond acceptors (Lipinski definition) is 7. The summed E-state index contributed by atoms with van der Waals surface area (Å²) >= 11 is 0. The number of benzene rings is 1. The molecular formula is C18H24N2O7. The second-order valence-corrected chi connectivity index (χ2v) is 6.01. The van der Waals surface area contributed by atoms with Crippen LogP contribution in [0.1, 0.15) is 30.1 Å². The number of hydrogen-bond donors (Lipinski definition) is 2. The molecule has 0 radical (unpaired) electrons. The Morgan fingerprint density at radius 2 is 1.67 bits per heavy atom. The highest BCUT2D eigenvalue weighted by Crippen LogP contribution is 2.38. The van der Waals surface area contributed by atoms with Gasteiger partial charge in [0, 0.05) is 11.6 Å². The lowest BCUT2D eigenvalue weighted by Gasteiger charge is -2.15. The van der Waals surface area contributed by atoms with Crippen LogP contribution in [0.4, 0.5) is 0 Å². The van der Waals surface area contributed by atoms with Gasteiger partial charge in [-0.05, 0) is 31.9 Å². The Labute approximate surface area is 157 Å². The molecule has 1 aromatic carbocycles. The van der Waals surface area contributed by atoms with E-state index in [9.17, 15) is 14.4 Å². The minimum absolute atomic E-state index is 0.179. The van der Waals surface area contributed by atoms with Crippen LogP contribution in [-0.2, 0) is 14.3 Å². The van der Waals surface area contributed by atoms with E-state index >= 15 is 0 Å². The lowest BCUT2D eigenvalue weighted by atomic mass is 10.1. The van der Waals surface area contributed by atoms with Gasteiger partial charge in [0.25, 0.3) is 11.8 Å². The molecule has 1 aromatic rings. The molecule has 0 spiro atoms. The second-order valence-electron chi connectivity index (χ2n) is 6.01. The Morgan fingerprint density at radius 1 is 1.07 bits per heavy atom. The molecule has 9 heteroatoms. The summed E-state index contributed by atoms with van der Waals surface area (Å²) in [5, 5.41) is 5.18. The van der Waals surface area contributed by atoms with Crippen molar-refractivity contribution in [3.63, 3.8) is 0 Å². The molecule has 1 aliphatic rings.